The lowest BCUT2D eigenvalue weighted by molar-refractivity contribution is -0.116. The SMILES string of the molecule is CCOc1ccc(-n2c(=O)c3c(C)c(C(=O)N(C)C)sc3n(CC(=O)Nc3c(C)cc(C)cc3C)c2=O)cc1. The van der Waals surface area contributed by atoms with Crippen molar-refractivity contribution in [1.82, 2.24) is 14.0 Å². The summed E-state index contributed by atoms with van der Waals surface area (Å²) in [6, 6.07) is 10.5. The molecule has 0 spiro atoms. The number of anilines is 1. The molecule has 2 aromatic heterocycles. The van der Waals surface area contributed by atoms with Crippen LogP contribution in [0.25, 0.3) is 15.9 Å². The van der Waals surface area contributed by atoms with Crippen molar-refractivity contribution in [3.05, 3.63) is 84.4 Å². The summed E-state index contributed by atoms with van der Waals surface area (Å²) in [6.45, 7) is 9.49. The van der Waals surface area contributed by atoms with E-state index in [0.717, 1.165) is 32.6 Å². The maximum atomic E-state index is 13.8. The fourth-order valence-electron chi connectivity index (χ4n) is 4.68. The zero-order chi connectivity index (χ0) is 28.6. The Morgan fingerprint density at radius 3 is 2.18 bits per heavy atom. The van der Waals surface area contributed by atoms with Crippen molar-refractivity contribution >= 4 is 39.1 Å². The average molecular weight is 549 g/mol. The number of hydrogen-bond donors (Lipinski definition) is 1. The van der Waals surface area contributed by atoms with Crippen LogP contribution in [0.15, 0.2) is 46.0 Å². The molecule has 0 bridgehead atoms. The Hall–Kier alpha value is -4.18. The predicted octanol–water partition coefficient (Wildman–Crippen LogP) is 4.19. The zero-order valence-corrected chi connectivity index (χ0v) is 24.0. The number of nitrogens with one attached hydrogen (secondary N) is 1. The van der Waals surface area contributed by atoms with E-state index in [4.69, 9.17) is 4.74 Å². The summed E-state index contributed by atoms with van der Waals surface area (Å²) in [6.07, 6.45) is 0. The third-order valence-corrected chi connectivity index (χ3v) is 7.76. The van der Waals surface area contributed by atoms with E-state index in [2.05, 4.69) is 5.32 Å². The minimum atomic E-state index is -0.672. The normalized spacial score (nSPS) is 11.1. The highest BCUT2D eigenvalue weighted by Gasteiger charge is 2.25. The Bertz CT molecular complexity index is 1690. The van der Waals surface area contributed by atoms with Crippen molar-refractivity contribution in [2.45, 2.75) is 41.2 Å². The standard InChI is InChI=1S/C29H32N4O5S/c1-8-38-21-11-9-20(10-12-21)33-26(35)23-19(5)25(27(36)31(6)7)39-28(23)32(29(33)37)15-22(34)30-24-17(3)13-16(2)14-18(24)4/h9-14H,8,15H2,1-7H3,(H,30,34). The minimum absolute atomic E-state index is 0.231. The van der Waals surface area contributed by atoms with Crippen LogP contribution in [-0.2, 0) is 11.3 Å². The van der Waals surface area contributed by atoms with Crippen LogP contribution in [0, 0.1) is 27.7 Å². The Labute approximate surface area is 230 Å². The van der Waals surface area contributed by atoms with Gasteiger partial charge in [0.1, 0.15) is 17.1 Å². The predicted molar refractivity (Wildman–Crippen MR) is 155 cm³/mol. The molecule has 0 saturated heterocycles. The van der Waals surface area contributed by atoms with Crippen molar-refractivity contribution in [2.75, 3.05) is 26.0 Å². The number of thiophene rings is 1. The Kier molecular flexibility index (Phi) is 7.78. The molecule has 0 fully saturated rings. The van der Waals surface area contributed by atoms with E-state index in [0.29, 0.717) is 34.2 Å². The van der Waals surface area contributed by atoms with Crippen LogP contribution >= 0.6 is 11.3 Å². The van der Waals surface area contributed by atoms with Crippen molar-refractivity contribution < 1.29 is 14.3 Å². The van der Waals surface area contributed by atoms with E-state index >= 15 is 0 Å². The molecule has 0 radical (unpaired) electrons. The molecule has 0 saturated carbocycles. The fraction of sp³-hybridized carbons (Fsp3) is 0.310. The molecule has 0 unspecified atom stereocenters. The van der Waals surface area contributed by atoms with Crippen LogP contribution in [0.5, 0.6) is 5.75 Å². The van der Waals surface area contributed by atoms with Gasteiger partial charge in [-0.2, -0.15) is 0 Å². The molecule has 9 nitrogen and oxygen atoms in total. The monoisotopic (exact) mass is 548 g/mol. The quantitative estimate of drug-likeness (QED) is 0.373. The maximum Gasteiger partial charge on any atom is 0.337 e. The van der Waals surface area contributed by atoms with Crippen LogP contribution in [-0.4, -0.2) is 46.6 Å². The number of nitrogens with zero attached hydrogens (tertiary/aromatic N) is 3. The number of amides is 2. The lowest BCUT2D eigenvalue weighted by Crippen LogP contribution is -2.40. The molecule has 0 aliphatic heterocycles. The molecule has 0 atom stereocenters. The van der Waals surface area contributed by atoms with Gasteiger partial charge in [0.15, 0.2) is 0 Å². The summed E-state index contributed by atoms with van der Waals surface area (Å²) in [5.41, 5.74) is 3.16. The van der Waals surface area contributed by atoms with Crippen molar-refractivity contribution in [2.24, 2.45) is 0 Å². The van der Waals surface area contributed by atoms with Gasteiger partial charge in [-0.1, -0.05) is 17.7 Å². The molecule has 2 amide bonds. The topological polar surface area (TPSA) is 103 Å². The molecule has 2 aromatic carbocycles. The number of ether oxygens (including phenoxy) is 1. The van der Waals surface area contributed by atoms with E-state index in [-0.39, 0.29) is 22.7 Å². The molecule has 4 aromatic rings. The molecule has 39 heavy (non-hydrogen) atoms. The van der Waals surface area contributed by atoms with E-state index in [9.17, 15) is 19.2 Å². The van der Waals surface area contributed by atoms with Crippen molar-refractivity contribution in [1.29, 1.82) is 0 Å². The second-order valence-corrected chi connectivity index (χ2v) is 10.7. The maximum absolute atomic E-state index is 13.8. The van der Waals surface area contributed by atoms with Crippen LogP contribution in [0.3, 0.4) is 0 Å². The molecular formula is C29H32N4O5S. The summed E-state index contributed by atoms with van der Waals surface area (Å²) >= 11 is 1.04. The van der Waals surface area contributed by atoms with Crippen LogP contribution < -0.4 is 21.3 Å². The van der Waals surface area contributed by atoms with Gasteiger partial charge in [-0.25, -0.2) is 9.36 Å². The number of carbonyl (C=O) groups excluding carboxylic acids is 2. The second kappa shape index (κ2) is 10.9. The number of benzene rings is 2. The molecule has 10 heteroatoms. The number of fused-ring (bicyclic) bond motifs is 1. The number of aryl methyl sites for hydroxylation is 4. The Morgan fingerprint density at radius 1 is 1.00 bits per heavy atom. The molecular weight excluding hydrogens is 516 g/mol. The number of rotatable bonds is 7. The van der Waals surface area contributed by atoms with Gasteiger partial charge in [0.2, 0.25) is 5.91 Å². The molecule has 204 valence electrons. The van der Waals surface area contributed by atoms with Crippen LogP contribution in [0.1, 0.15) is 38.8 Å². The van der Waals surface area contributed by atoms with E-state index in [1.807, 2.05) is 39.8 Å². The summed E-state index contributed by atoms with van der Waals surface area (Å²) in [5.74, 6) is -0.101. The van der Waals surface area contributed by atoms with E-state index < -0.39 is 17.2 Å². The van der Waals surface area contributed by atoms with Crippen molar-refractivity contribution in [3.8, 4) is 11.4 Å². The highest BCUT2D eigenvalue weighted by molar-refractivity contribution is 7.20. The van der Waals surface area contributed by atoms with Crippen LogP contribution in [0.4, 0.5) is 5.69 Å². The summed E-state index contributed by atoms with van der Waals surface area (Å²) in [5, 5.41) is 3.16. The van der Waals surface area contributed by atoms with Gasteiger partial charge in [-0.3, -0.25) is 19.0 Å². The summed E-state index contributed by atoms with van der Waals surface area (Å²) in [4.78, 5) is 55.8. The smallest absolute Gasteiger partial charge is 0.337 e. The van der Waals surface area contributed by atoms with Gasteiger partial charge < -0.3 is 15.0 Å². The zero-order valence-electron chi connectivity index (χ0n) is 23.2. The molecule has 1 N–H and O–H groups in total. The number of hydrogen-bond acceptors (Lipinski definition) is 6. The third-order valence-electron chi connectivity index (χ3n) is 6.46. The summed E-state index contributed by atoms with van der Waals surface area (Å²) < 4.78 is 7.80. The van der Waals surface area contributed by atoms with Crippen molar-refractivity contribution in [3.63, 3.8) is 0 Å². The van der Waals surface area contributed by atoms with Crippen LogP contribution in [0.2, 0.25) is 0 Å². The highest BCUT2D eigenvalue weighted by atomic mass is 32.1. The lowest BCUT2D eigenvalue weighted by Gasteiger charge is -2.15. The molecule has 0 aliphatic rings. The largest absolute Gasteiger partial charge is 0.494 e. The Morgan fingerprint density at radius 2 is 1.62 bits per heavy atom. The first-order chi connectivity index (χ1) is 18.4. The Balaban J connectivity index is 1.91. The van der Waals surface area contributed by atoms with Gasteiger partial charge in [0, 0.05) is 19.8 Å². The molecule has 0 aliphatic carbocycles. The first kappa shape index (κ1) is 27.8. The van der Waals surface area contributed by atoms with Gasteiger partial charge in [0.05, 0.1) is 22.6 Å². The number of aromatic nitrogens is 2. The molecule has 4 rings (SSSR count). The summed E-state index contributed by atoms with van der Waals surface area (Å²) in [7, 11) is 3.24. The molecule has 2 heterocycles. The lowest BCUT2D eigenvalue weighted by atomic mass is 10.1. The fourth-order valence-corrected chi connectivity index (χ4v) is 5.99. The first-order valence-electron chi connectivity index (χ1n) is 12.6. The minimum Gasteiger partial charge on any atom is -0.494 e. The average Bonchev–Trinajstić information content (AvgIpc) is 3.21. The van der Waals surface area contributed by atoms with E-state index in [1.54, 1.807) is 45.3 Å². The second-order valence-electron chi connectivity index (χ2n) is 9.69. The first-order valence-corrected chi connectivity index (χ1v) is 13.4. The van der Waals surface area contributed by atoms with Gasteiger partial charge in [-0.05, 0) is 75.6 Å². The highest BCUT2D eigenvalue weighted by Crippen LogP contribution is 2.29. The van der Waals surface area contributed by atoms with Gasteiger partial charge in [0.25, 0.3) is 11.5 Å². The third kappa shape index (κ3) is 5.24. The van der Waals surface area contributed by atoms with Gasteiger partial charge in [-0.15, -0.1) is 11.3 Å². The van der Waals surface area contributed by atoms with Gasteiger partial charge >= 0.3 is 5.69 Å². The number of carbonyl (C=O) groups is 2. The van der Waals surface area contributed by atoms with E-state index in [1.165, 1.54) is 9.47 Å².